The van der Waals surface area contributed by atoms with E-state index in [0.717, 1.165) is 10.4 Å². The summed E-state index contributed by atoms with van der Waals surface area (Å²) in [4.78, 5) is 0.951. The standard InChI is InChI=1S/C16H18FNOS/c1-16(19,15-5-3-11-20-15)12-18-10-2-4-13-6-8-14(17)9-7-13/h2-9,11,18-19H,10,12H2,1H3/b4-2+. The smallest absolute Gasteiger partial charge is 0.123 e. The SMILES string of the molecule is CC(O)(CNC/C=C/c1ccc(F)cc1)c1cccs1. The van der Waals surface area contributed by atoms with Gasteiger partial charge in [-0.1, -0.05) is 30.4 Å². The van der Waals surface area contributed by atoms with Crippen LogP contribution in [0.15, 0.2) is 47.9 Å². The predicted octanol–water partition coefficient (Wildman–Crippen LogP) is 3.40. The van der Waals surface area contributed by atoms with Crippen molar-refractivity contribution in [3.05, 3.63) is 64.1 Å². The average molecular weight is 291 g/mol. The highest BCUT2D eigenvalue weighted by molar-refractivity contribution is 7.10. The molecule has 20 heavy (non-hydrogen) atoms. The van der Waals surface area contributed by atoms with E-state index in [4.69, 9.17) is 0 Å². The van der Waals surface area contributed by atoms with Crippen molar-refractivity contribution < 1.29 is 9.50 Å². The summed E-state index contributed by atoms with van der Waals surface area (Å²) in [5.41, 5.74) is 0.107. The van der Waals surface area contributed by atoms with Crippen LogP contribution >= 0.6 is 11.3 Å². The van der Waals surface area contributed by atoms with E-state index in [9.17, 15) is 9.50 Å². The van der Waals surface area contributed by atoms with Crippen molar-refractivity contribution in [2.24, 2.45) is 0 Å². The van der Waals surface area contributed by atoms with Crippen LogP contribution in [0.3, 0.4) is 0 Å². The van der Waals surface area contributed by atoms with Gasteiger partial charge in [0, 0.05) is 18.0 Å². The lowest BCUT2D eigenvalue weighted by molar-refractivity contribution is 0.0619. The molecular weight excluding hydrogens is 273 g/mol. The van der Waals surface area contributed by atoms with Crippen molar-refractivity contribution in [2.45, 2.75) is 12.5 Å². The van der Waals surface area contributed by atoms with E-state index in [2.05, 4.69) is 5.32 Å². The summed E-state index contributed by atoms with van der Waals surface area (Å²) in [7, 11) is 0. The van der Waals surface area contributed by atoms with Crippen molar-refractivity contribution in [3.63, 3.8) is 0 Å². The third-order valence-corrected chi connectivity index (χ3v) is 4.09. The predicted molar refractivity (Wildman–Crippen MR) is 82.2 cm³/mol. The minimum Gasteiger partial charge on any atom is -0.383 e. The largest absolute Gasteiger partial charge is 0.383 e. The molecule has 0 saturated carbocycles. The van der Waals surface area contributed by atoms with E-state index in [0.29, 0.717) is 13.1 Å². The van der Waals surface area contributed by atoms with Crippen LogP contribution in [0.1, 0.15) is 17.4 Å². The molecule has 4 heteroatoms. The van der Waals surface area contributed by atoms with Crippen molar-refractivity contribution in [3.8, 4) is 0 Å². The highest BCUT2D eigenvalue weighted by atomic mass is 32.1. The first kappa shape index (κ1) is 14.9. The molecule has 1 unspecified atom stereocenters. The first-order valence-electron chi connectivity index (χ1n) is 6.47. The highest BCUT2D eigenvalue weighted by Crippen LogP contribution is 2.24. The fourth-order valence-electron chi connectivity index (χ4n) is 1.84. The van der Waals surface area contributed by atoms with Gasteiger partial charge in [-0.25, -0.2) is 4.39 Å². The molecule has 1 aromatic carbocycles. The molecule has 0 aliphatic heterocycles. The fourth-order valence-corrected chi connectivity index (χ4v) is 2.63. The quantitative estimate of drug-likeness (QED) is 0.800. The molecule has 0 spiro atoms. The second-order valence-corrected chi connectivity index (χ2v) is 5.78. The minimum atomic E-state index is -0.849. The van der Waals surface area contributed by atoms with Gasteiger partial charge in [-0.05, 0) is 36.1 Å². The topological polar surface area (TPSA) is 32.3 Å². The van der Waals surface area contributed by atoms with Crippen LogP contribution < -0.4 is 5.32 Å². The summed E-state index contributed by atoms with van der Waals surface area (Å²) in [5.74, 6) is -0.229. The van der Waals surface area contributed by atoms with E-state index in [-0.39, 0.29) is 5.82 Å². The number of benzene rings is 1. The zero-order valence-corrected chi connectivity index (χ0v) is 12.2. The first-order valence-corrected chi connectivity index (χ1v) is 7.35. The number of hydrogen-bond donors (Lipinski definition) is 2. The Balaban J connectivity index is 1.77. The number of aliphatic hydroxyl groups is 1. The fraction of sp³-hybridized carbons (Fsp3) is 0.250. The monoisotopic (exact) mass is 291 g/mol. The number of nitrogens with one attached hydrogen (secondary N) is 1. The summed E-state index contributed by atoms with van der Waals surface area (Å²) in [6.45, 7) is 2.94. The summed E-state index contributed by atoms with van der Waals surface area (Å²) in [6, 6.07) is 10.2. The molecule has 1 aromatic heterocycles. The lowest BCUT2D eigenvalue weighted by Crippen LogP contribution is -2.34. The van der Waals surface area contributed by atoms with Gasteiger partial charge in [0.2, 0.25) is 0 Å². The van der Waals surface area contributed by atoms with Gasteiger partial charge in [0.15, 0.2) is 0 Å². The van der Waals surface area contributed by atoms with E-state index < -0.39 is 5.60 Å². The Morgan fingerprint density at radius 1 is 1.30 bits per heavy atom. The normalized spacial score (nSPS) is 14.6. The van der Waals surface area contributed by atoms with Gasteiger partial charge in [-0.15, -0.1) is 11.3 Å². The van der Waals surface area contributed by atoms with Crippen molar-refractivity contribution in [2.75, 3.05) is 13.1 Å². The molecular formula is C16H18FNOS. The van der Waals surface area contributed by atoms with Gasteiger partial charge in [0.05, 0.1) is 0 Å². The number of hydrogen-bond acceptors (Lipinski definition) is 3. The van der Waals surface area contributed by atoms with Crippen molar-refractivity contribution in [1.82, 2.24) is 5.32 Å². The molecule has 0 fully saturated rings. The van der Waals surface area contributed by atoms with Crippen LogP contribution in [0.4, 0.5) is 4.39 Å². The van der Waals surface area contributed by atoms with E-state index >= 15 is 0 Å². The Kier molecular flexibility index (Phi) is 5.06. The third-order valence-electron chi connectivity index (χ3n) is 2.96. The van der Waals surface area contributed by atoms with E-state index in [1.165, 1.54) is 12.1 Å². The molecule has 1 heterocycles. The second-order valence-electron chi connectivity index (χ2n) is 4.84. The van der Waals surface area contributed by atoms with Crippen LogP contribution in [-0.4, -0.2) is 18.2 Å². The summed E-state index contributed by atoms with van der Waals surface area (Å²) in [6.07, 6.45) is 3.88. The molecule has 0 saturated heterocycles. The number of thiophene rings is 1. The van der Waals surface area contributed by atoms with Crippen LogP contribution in [0.2, 0.25) is 0 Å². The van der Waals surface area contributed by atoms with Gasteiger partial charge >= 0.3 is 0 Å². The maximum atomic E-state index is 12.7. The van der Waals surface area contributed by atoms with Gasteiger partial charge in [0.1, 0.15) is 11.4 Å². The minimum absolute atomic E-state index is 0.229. The third kappa shape index (κ3) is 4.27. The maximum Gasteiger partial charge on any atom is 0.123 e. The molecule has 2 aromatic rings. The maximum absolute atomic E-state index is 12.7. The molecule has 0 aliphatic rings. The van der Waals surface area contributed by atoms with Crippen LogP contribution in [0.25, 0.3) is 6.08 Å². The molecule has 1 atom stereocenters. The van der Waals surface area contributed by atoms with Crippen LogP contribution in [0, 0.1) is 5.82 Å². The zero-order chi connectivity index (χ0) is 14.4. The van der Waals surface area contributed by atoms with Gasteiger partial charge in [0.25, 0.3) is 0 Å². The van der Waals surface area contributed by atoms with Gasteiger partial charge < -0.3 is 10.4 Å². The summed E-state index contributed by atoms with van der Waals surface area (Å²) >= 11 is 1.55. The molecule has 0 amide bonds. The Bertz CT molecular complexity index is 546. The Hall–Kier alpha value is -1.49. The van der Waals surface area contributed by atoms with Crippen LogP contribution in [-0.2, 0) is 5.60 Å². The van der Waals surface area contributed by atoms with E-state index in [1.807, 2.05) is 29.7 Å². The molecule has 0 bridgehead atoms. The zero-order valence-electron chi connectivity index (χ0n) is 11.3. The number of rotatable bonds is 6. The number of halogens is 1. The summed E-state index contributed by atoms with van der Waals surface area (Å²) < 4.78 is 12.7. The second kappa shape index (κ2) is 6.79. The van der Waals surface area contributed by atoms with Crippen molar-refractivity contribution in [1.29, 1.82) is 0 Å². The molecule has 2 rings (SSSR count). The van der Waals surface area contributed by atoms with Gasteiger partial charge in [-0.2, -0.15) is 0 Å². The Labute approximate surface area is 122 Å². The molecule has 106 valence electrons. The average Bonchev–Trinajstić information content (AvgIpc) is 2.95. The van der Waals surface area contributed by atoms with E-state index in [1.54, 1.807) is 30.4 Å². The lowest BCUT2D eigenvalue weighted by atomic mass is 10.1. The Morgan fingerprint density at radius 3 is 2.70 bits per heavy atom. The Morgan fingerprint density at radius 2 is 2.05 bits per heavy atom. The van der Waals surface area contributed by atoms with Crippen LogP contribution in [0.5, 0.6) is 0 Å². The first-order chi connectivity index (χ1) is 9.58. The molecule has 2 nitrogen and oxygen atoms in total. The lowest BCUT2D eigenvalue weighted by Gasteiger charge is -2.21. The molecule has 0 aliphatic carbocycles. The highest BCUT2D eigenvalue weighted by Gasteiger charge is 2.22. The van der Waals surface area contributed by atoms with Crippen molar-refractivity contribution >= 4 is 17.4 Å². The molecule has 0 radical (unpaired) electrons. The molecule has 2 N–H and O–H groups in total. The van der Waals surface area contributed by atoms with Gasteiger partial charge in [-0.3, -0.25) is 0 Å². The summed E-state index contributed by atoms with van der Waals surface area (Å²) in [5, 5.41) is 15.5.